The minimum absolute atomic E-state index is 0.172. The molecule has 0 aromatic carbocycles. The minimum Gasteiger partial charge on any atom is -0.355 e. The molecule has 8 nitrogen and oxygen atoms in total. The Kier molecular flexibility index (Phi) is 6.18. The number of anilines is 1. The Morgan fingerprint density at radius 1 is 1.25 bits per heavy atom. The lowest BCUT2D eigenvalue weighted by Crippen LogP contribution is -2.33. The first kappa shape index (κ1) is 20.1. The SMILES string of the molecule is CCc1ncc(CN[C@@H]2CCN(c3nc(C(=O)N(C)C)nc(C)c3C)C2)cn1. The number of hydrogen-bond acceptors (Lipinski definition) is 7. The molecule has 28 heavy (non-hydrogen) atoms. The third kappa shape index (κ3) is 4.44. The van der Waals surface area contributed by atoms with Gasteiger partial charge in [-0.25, -0.2) is 19.9 Å². The lowest BCUT2D eigenvalue weighted by Gasteiger charge is -2.22. The molecular formula is C20H29N7O. The molecule has 1 N–H and O–H groups in total. The van der Waals surface area contributed by atoms with E-state index in [4.69, 9.17) is 0 Å². The number of nitrogens with zero attached hydrogens (tertiary/aromatic N) is 6. The van der Waals surface area contributed by atoms with Crippen LogP contribution in [-0.4, -0.2) is 64.0 Å². The molecule has 0 saturated carbocycles. The third-order valence-electron chi connectivity index (χ3n) is 5.12. The van der Waals surface area contributed by atoms with Crippen LogP contribution in [0.4, 0.5) is 5.82 Å². The zero-order valence-electron chi connectivity index (χ0n) is 17.4. The average molecular weight is 384 g/mol. The molecule has 2 aromatic heterocycles. The predicted octanol–water partition coefficient (Wildman–Crippen LogP) is 1.52. The molecule has 3 heterocycles. The van der Waals surface area contributed by atoms with E-state index >= 15 is 0 Å². The number of nitrogens with one attached hydrogen (secondary N) is 1. The first-order valence-electron chi connectivity index (χ1n) is 9.74. The van der Waals surface area contributed by atoms with E-state index in [1.54, 1.807) is 14.1 Å². The van der Waals surface area contributed by atoms with E-state index in [2.05, 4.69) is 37.1 Å². The second kappa shape index (κ2) is 8.60. The zero-order valence-corrected chi connectivity index (χ0v) is 17.4. The van der Waals surface area contributed by atoms with E-state index in [0.29, 0.717) is 6.04 Å². The number of carbonyl (C=O) groups excluding carboxylic acids is 1. The van der Waals surface area contributed by atoms with Gasteiger partial charge < -0.3 is 15.1 Å². The van der Waals surface area contributed by atoms with Crippen molar-refractivity contribution in [2.75, 3.05) is 32.1 Å². The highest BCUT2D eigenvalue weighted by molar-refractivity contribution is 5.90. The second-order valence-electron chi connectivity index (χ2n) is 7.45. The molecule has 3 rings (SSSR count). The molecule has 1 fully saturated rings. The van der Waals surface area contributed by atoms with Crippen LogP contribution >= 0.6 is 0 Å². The van der Waals surface area contributed by atoms with Gasteiger partial charge >= 0.3 is 0 Å². The molecule has 2 aromatic rings. The normalized spacial score (nSPS) is 16.5. The average Bonchev–Trinajstić information content (AvgIpc) is 3.16. The van der Waals surface area contributed by atoms with Gasteiger partial charge in [-0.2, -0.15) is 0 Å². The van der Waals surface area contributed by atoms with Crippen molar-refractivity contribution in [1.82, 2.24) is 30.2 Å². The van der Waals surface area contributed by atoms with Crippen molar-refractivity contribution in [2.45, 2.75) is 46.2 Å². The van der Waals surface area contributed by atoms with E-state index in [0.717, 1.165) is 60.9 Å². The van der Waals surface area contributed by atoms with Crippen molar-refractivity contribution >= 4 is 11.7 Å². The summed E-state index contributed by atoms with van der Waals surface area (Å²) in [6, 6.07) is 0.355. The largest absolute Gasteiger partial charge is 0.355 e. The van der Waals surface area contributed by atoms with Crippen LogP contribution in [-0.2, 0) is 13.0 Å². The van der Waals surface area contributed by atoms with Crippen LogP contribution in [0.15, 0.2) is 12.4 Å². The molecule has 1 aliphatic rings. The lowest BCUT2D eigenvalue weighted by molar-refractivity contribution is 0.0815. The fourth-order valence-electron chi connectivity index (χ4n) is 3.25. The highest BCUT2D eigenvalue weighted by Crippen LogP contribution is 2.24. The number of carbonyl (C=O) groups is 1. The number of aromatic nitrogens is 4. The van der Waals surface area contributed by atoms with Crippen molar-refractivity contribution in [2.24, 2.45) is 0 Å². The van der Waals surface area contributed by atoms with E-state index < -0.39 is 0 Å². The molecule has 0 bridgehead atoms. The minimum atomic E-state index is -0.172. The summed E-state index contributed by atoms with van der Waals surface area (Å²) < 4.78 is 0. The smallest absolute Gasteiger partial charge is 0.291 e. The summed E-state index contributed by atoms with van der Waals surface area (Å²) in [4.78, 5) is 33.7. The molecule has 8 heteroatoms. The first-order valence-corrected chi connectivity index (χ1v) is 9.74. The molecule has 1 atom stereocenters. The van der Waals surface area contributed by atoms with E-state index in [1.807, 2.05) is 26.2 Å². The highest BCUT2D eigenvalue weighted by Gasteiger charge is 2.26. The molecular weight excluding hydrogens is 354 g/mol. The van der Waals surface area contributed by atoms with Crippen molar-refractivity contribution in [3.8, 4) is 0 Å². The topological polar surface area (TPSA) is 87.1 Å². The van der Waals surface area contributed by atoms with Crippen LogP contribution in [0, 0.1) is 13.8 Å². The molecule has 150 valence electrons. The summed E-state index contributed by atoms with van der Waals surface area (Å²) in [7, 11) is 3.43. The molecule has 0 radical (unpaired) electrons. The number of rotatable bonds is 6. The maximum absolute atomic E-state index is 12.3. The van der Waals surface area contributed by atoms with Gasteiger partial charge in [-0.05, 0) is 20.3 Å². The Morgan fingerprint density at radius 2 is 1.96 bits per heavy atom. The van der Waals surface area contributed by atoms with Gasteiger partial charge in [-0.1, -0.05) is 6.92 Å². The van der Waals surface area contributed by atoms with Crippen LogP contribution in [0.5, 0.6) is 0 Å². The van der Waals surface area contributed by atoms with Crippen LogP contribution in [0.25, 0.3) is 0 Å². The van der Waals surface area contributed by atoms with Gasteiger partial charge in [0.15, 0.2) is 0 Å². The summed E-state index contributed by atoms with van der Waals surface area (Å²) in [6.45, 7) is 8.49. The van der Waals surface area contributed by atoms with E-state index in [9.17, 15) is 4.79 Å². The van der Waals surface area contributed by atoms with Gasteiger partial charge in [0.05, 0.1) is 0 Å². The Hall–Kier alpha value is -2.61. The van der Waals surface area contributed by atoms with Crippen LogP contribution in [0.2, 0.25) is 0 Å². The third-order valence-corrected chi connectivity index (χ3v) is 5.12. The van der Waals surface area contributed by atoms with Crippen LogP contribution in [0.3, 0.4) is 0 Å². The van der Waals surface area contributed by atoms with Gasteiger partial charge in [0.25, 0.3) is 5.91 Å². The van der Waals surface area contributed by atoms with Crippen molar-refractivity contribution < 1.29 is 4.79 Å². The molecule has 0 unspecified atom stereocenters. The summed E-state index contributed by atoms with van der Waals surface area (Å²) >= 11 is 0. The van der Waals surface area contributed by atoms with Crippen molar-refractivity contribution in [3.63, 3.8) is 0 Å². The van der Waals surface area contributed by atoms with Crippen LogP contribution in [0.1, 0.15) is 46.6 Å². The van der Waals surface area contributed by atoms with Crippen LogP contribution < -0.4 is 10.2 Å². The van der Waals surface area contributed by atoms with Gasteiger partial charge in [0.2, 0.25) is 5.82 Å². The quantitative estimate of drug-likeness (QED) is 0.809. The summed E-state index contributed by atoms with van der Waals surface area (Å²) in [5.74, 6) is 1.81. The van der Waals surface area contributed by atoms with E-state index in [1.165, 1.54) is 4.90 Å². The summed E-state index contributed by atoms with van der Waals surface area (Å²) in [6.07, 6.45) is 5.65. The standard InChI is InChI=1S/C20H29N7O/c1-6-17-22-10-15(11-23-17)9-21-16-7-8-27(12-16)19-13(2)14(3)24-18(25-19)20(28)26(4)5/h10-11,16,21H,6-9,12H2,1-5H3/t16-/m1/s1. The first-order chi connectivity index (χ1) is 13.4. The summed E-state index contributed by atoms with van der Waals surface area (Å²) in [5.41, 5.74) is 2.96. The Balaban J connectivity index is 1.66. The summed E-state index contributed by atoms with van der Waals surface area (Å²) in [5, 5.41) is 3.58. The van der Waals surface area contributed by atoms with Crippen molar-refractivity contribution in [3.05, 3.63) is 40.9 Å². The van der Waals surface area contributed by atoms with E-state index in [-0.39, 0.29) is 11.7 Å². The monoisotopic (exact) mass is 383 g/mol. The number of aryl methyl sites for hydroxylation is 2. The molecule has 0 aliphatic carbocycles. The fraction of sp³-hybridized carbons (Fsp3) is 0.550. The predicted molar refractivity (Wildman–Crippen MR) is 108 cm³/mol. The lowest BCUT2D eigenvalue weighted by atomic mass is 10.2. The second-order valence-corrected chi connectivity index (χ2v) is 7.45. The maximum atomic E-state index is 12.3. The molecule has 0 spiro atoms. The Labute approximate surface area is 166 Å². The van der Waals surface area contributed by atoms with Crippen molar-refractivity contribution in [1.29, 1.82) is 0 Å². The van der Waals surface area contributed by atoms with Gasteiger partial charge in [-0.3, -0.25) is 4.79 Å². The fourth-order valence-corrected chi connectivity index (χ4v) is 3.25. The van der Waals surface area contributed by atoms with Gasteiger partial charge in [-0.15, -0.1) is 0 Å². The molecule has 1 aliphatic heterocycles. The number of hydrogen-bond donors (Lipinski definition) is 1. The van der Waals surface area contributed by atoms with Gasteiger partial charge in [0, 0.05) is 75.4 Å². The Bertz CT molecular complexity index is 835. The Morgan fingerprint density at radius 3 is 2.61 bits per heavy atom. The zero-order chi connectivity index (χ0) is 20.3. The molecule has 1 amide bonds. The molecule has 1 saturated heterocycles. The van der Waals surface area contributed by atoms with Gasteiger partial charge in [0.1, 0.15) is 11.6 Å². The highest BCUT2D eigenvalue weighted by atomic mass is 16.2. The maximum Gasteiger partial charge on any atom is 0.291 e. The number of amides is 1.